The summed E-state index contributed by atoms with van der Waals surface area (Å²) in [5.41, 5.74) is 4.55. The number of nitrogens with one attached hydrogen (secondary N) is 1. The molecule has 1 unspecified atom stereocenters. The van der Waals surface area contributed by atoms with Gasteiger partial charge in [0.2, 0.25) is 0 Å². The maximum absolute atomic E-state index is 12.6. The number of hydrogen-bond acceptors (Lipinski definition) is 5. The Morgan fingerprint density at radius 2 is 1.96 bits per heavy atom. The van der Waals surface area contributed by atoms with Crippen LogP contribution in [0.15, 0.2) is 40.5 Å². The summed E-state index contributed by atoms with van der Waals surface area (Å²) >= 11 is 3.17. The fourth-order valence-corrected chi connectivity index (χ4v) is 5.21. The van der Waals surface area contributed by atoms with Crippen molar-refractivity contribution < 1.29 is 0 Å². The second kappa shape index (κ2) is 7.22. The molecule has 1 aromatic carbocycles. The fraction of sp³-hybridized carbons (Fsp3) is 0.286. The van der Waals surface area contributed by atoms with Crippen LogP contribution in [0.2, 0.25) is 0 Å². The van der Waals surface area contributed by atoms with Crippen molar-refractivity contribution in [3.63, 3.8) is 0 Å². The van der Waals surface area contributed by atoms with E-state index in [4.69, 9.17) is 4.98 Å². The molecule has 3 heterocycles. The Morgan fingerprint density at radius 3 is 2.75 bits per heavy atom. The maximum Gasteiger partial charge on any atom is 0.259 e. The van der Waals surface area contributed by atoms with Gasteiger partial charge in [-0.1, -0.05) is 23.9 Å². The third kappa shape index (κ3) is 3.18. The summed E-state index contributed by atoms with van der Waals surface area (Å²) < 4.78 is 2.10. The average molecular weight is 411 g/mol. The third-order valence-corrected chi connectivity index (χ3v) is 7.36. The van der Waals surface area contributed by atoms with Crippen molar-refractivity contribution >= 4 is 33.3 Å². The van der Waals surface area contributed by atoms with E-state index < -0.39 is 0 Å². The summed E-state index contributed by atoms with van der Waals surface area (Å²) in [5, 5.41) is 1.55. The highest BCUT2D eigenvalue weighted by atomic mass is 32.2. The molecule has 0 saturated carbocycles. The smallest absolute Gasteiger partial charge is 0.259 e. The normalized spacial score (nSPS) is 12.6. The minimum Gasteiger partial charge on any atom is -0.309 e. The number of H-pyrrole nitrogens is 1. The van der Waals surface area contributed by atoms with E-state index in [1.54, 1.807) is 23.1 Å². The SMILES string of the molecule is Cc1cccc(-n2ccnc2SC(C)c2nc3sc(C)c(C)c3c(=O)[nH]2)c1C. The molecule has 4 aromatic rings. The van der Waals surface area contributed by atoms with Gasteiger partial charge in [-0.05, 0) is 57.4 Å². The third-order valence-electron chi connectivity index (χ3n) is 5.17. The molecule has 0 aliphatic heterocycles. The van der Waals surface area contributed by atoms with E-state index in [2.05, 4.69) is 46.6 Å². The zero-order valence-electron chi connectivity index (χ0n) is 16.5. The molecule has 7 heteroatoms. The Balaban J connectivity index is 1.70. The maximum atomic E-state index is 12.6. The molecule has 0 fully saturated rings. The number of aromatic nitrogens is 4. The number of hydrogen-bond donors (Lipinski definition) is 1. The van der Waals surface area contributed by atoms with E-state index in [9.17, 15) is 4.79 Å². The number of thiophene rings is 1. The summed E-state index contributed by atoms with van der Waals surface area (Å²) in [7, 11) is 0. The van der Waals surface area contributed by atoms with Gasteiger partial charge in [0, 0.05) is 17.3 Å². The highest BCUT2D eigenvalue weighted by Crippen LogP contribution is 2.35. The Labute approximate surface area is 171 Å². The molecule has 1 atom stereocenters. The van der Waals surface area contributed by atoms with Gasteiger partial charge in [-0.25, -0.2) is 9.97 Å². The van der Waals surface area contributed by atoms with Crippen molar-refractivity contribution in [1.29, 1.82) is 0 Å². The van der Waals surface area contributed by atoms with Gasteiger partial charge in [-0.3, -0.25) is 9.36 Å². The minimum atomic E-state index is -0.0628. The molecule has 0 saturated heterocycles. The molecule has 0 spiro atoms. The van der Waals surface area contributed by atoms with E-state index >= 15 is 0 Å². The number of nitrogens with zero attached hydrogens (tertiary/aromatic N) is 3. The van der Waals surface area contributed by atoms with Crippen molar-refractivity contribution in [2.75, 3.05) is 0 Å². The van der Waals surface area contributed by atoms with Crippen LogP contribution in [0, 0.1) is 27.7 Å². The molecule has 0 radical (unpaired) electrons. The molecule has 144 valence electrons. The lowest BCUT2D eigenvalue weighted by Crippen LogP contribution is -2.12. The zero-order valence-corrected chi connectivity index (χ0v) is 18.2. The first kappa shape index (κ1) is 19.0. The van der Waals surface area contributed by atoms with Crippen LogP contribution in [0.4, 0.5) is 0 Å². The largest absolute Gasteiger partial charge is 0.309 e. The van der Waals surface area contributed by atoms with Crippen molar-refractivity contribution in [3.8, 4) is 5.69 Å². The molecular weight excluding hydrogens is 388 g/mol. The van der Waals surface area contributed by atoms with Gasteiger partial charge in [0.05, 0.1) is 16.3 Å². The van der Waals surface area contributed by atoms with Gasteiger partial charge >= 0.3 is 0 Å². The number of aromatic amines is 1. The molecule has 0 aliphatic rings. The van der Waals surface area contributed by atoms with Crippen molar-refractivity contribution in [3.05, 3.63) is 68.3 Å². The van der Waals surface area contributed by atoms with Crippen LogP contribution in [-0.2, 0) is 0 Å². The zero-order chi connectivity index (χ0) is 20.0. The van der Waals surface area contributed by atoms with E-state index in [-0.39, 0.29) is 10.8 Å². The first-order valence-electron chi connectivity index (χ1n) is 9.13. The molecule has 0 aliphatic carbocycles. The van der Waals surface area contributed by atoms with Crippen molar-refractivity contribution in [2.24, 2.45) is 0 Å². The monoisotopic (exact) mass is 410 g/mol. The van der Waals surface area contributed by atoms with Gasteiger partial charge in [0.1, 0.15) is 10.7 Å². The van der Waals surface area contributed by atoms with Crippen molar-refractivity contribution in [2.45, 2.75) is 45.0 Å². The van der Waals surface area contributed by atoms with Gasteiger partial charge < -0.3 is 4.98 Å². The molecule has 5 nitrogen and oxygen atoms in total. The molecule has 28 heavy (non-hydrogen) atoms. The quantitative estimate of drug-likeness (QED) is 0.466. The number of fused-ring (bicyclic) bond motifs is 1. The number of imidazole rings is 1. The summed E-state index contributed by atoms with van der Waals surface area (Å²) in [6.45, 7) is 10.3. The Kier molecular flexibility index (Phi) is 4.89. The lowest BCUT2D eigenvalue weighted by atomic mass is 10.1. The molecule has 1 N–H and O–H groups in total. The number of rotatable bonds is 4. The van der Waals surface area contributed by atoms with Crippen LogP contribution in [0.25, 0.3) is 15.9 Å². The van der Waals surface area contributed by atoms with Gasteiger partial charge in [0.25, 0.3) is 5.56 Å². The number of aryl methyl sites for hydroxylation is 3. The van der Waals surface area contributed by atoms with Crippen LogP contribution in [0.3, 0.4) is 0 Å². The second-order valence-electron chi connectivity index (χ2n) is 6.97. The Hall–Kier alpha value is -2.38. The van der Waals surface area contributed by atoms with E-state index in [0.29, 0.717) is 11.2 Å². The van der Waals surface area contributed by atoms with Crippen molar-refractivity contribution in [1.82, 2.24) is 19.5 Å². The highest BCUT2D eigenvalue weighted by Gasteiger charge is 2.18. The average Bonchev–Trinajstić information content (AvgIpc) is 3.22. The molecule has 0 bridgehead atoms. The van der Waals surface area contributed by atoms with Crippen LogP contribution in [-0.4, -0.2) is 19.5 Å². The fourth-order valence-electron chi connectivity index (χ4n) is 3.23. The van der Waals surface area contributed by atoms with Crippen LogP contribution < -0.4 is 5.56 Å². The van der Waals surface area contributed by atoms with Crippen LogP contribution >= 0.6 is 23.1 Å². The first-order valence-corrected chi connectivity index (χ1v) is 10.8. The van der Waals surface area contributed by atoms with Gasteiger partial charge in [-0.15, -0.1) is 11.3 Å². The second-order valence-corrected chi connectivity index (χ2v) is 9.48. The van der Waals surface area contributed by atoms with Gasteiger partial charge in [-0.2, -0.15) is 0 Å². The molecule has 0 amide bonds. The highest BCUT2D eigenvalue weighted by molar-refractivity contribution is 7.99. The predicted molar refractivity (Wildman–Crippen MR) is 117 cm³/mol. The van der Waals surface area contributed by atoms with E-state index in [1.165, 1.54) is 11.1 Å². The molecule has 4 rings (SSSR count). The lowest BCUT2D eigenvalue weighted by Gasteiger charge is -2.14. The first-order chi connectivity index (χ1) is 13.4. The van der Waals surface area contributed by atoms with Crippen LogP contribution in [0.1, 0.15) is 39.6 Å². The van der Waals surface area contributed by atoms with Crippen LogP contribution in [0.5, 0.6) is 0 Å². The summed E-state index contributed by atoms with van der Waals surface area (Å²) in [6.07, 6.45) is 3.78. The van der Waals surface area contributed by atoms with E-state index in [1.807, 2.05) is 33.2 Å². The van der Waals surface area contributed by atoms with Gasteiger partial charge in [0.15, 0.2) is 5.16 Å². The summed E-state index contributed by atoms with van der Waals surface area (Å²) in [4.78, 5) is 26.8. The standard InChI is InChI=1S/C21H22N4OS2/c1-11-7-6-8-16(12(11)2)25-10-9-22-21(25)28-15(5)18-23-19(26)17-13(3)14(4)27-20(17)24-18/h6-10,15H,1-5H3,(H,23,24,26). The molecule has 3 aromatic heterocycles. The predicted octanol–water partition coefficient (Wildman–Crippen LogP) is 5.26. The minimum absolute atomic E-state index is 0.0360. The Bertz CT molecular complexity index is 1240. The summed E-state index contributed by atoms with van der Waals surface area (Å²) in [5.74, 6) is 0.680. The lowest BCUT2D eigenvalue weighted by molar-refractivity contribution is 0.864. The Morgan fingerprint density at radius 1 is 1.18 bits per heavy atom. The number of benzene rings is 1. The molecular formula is C21H22N4OS2. The topological polar surface area (TPSA) is 63.6 Å². The number of thioether (sulfide) groups is 1. The van der Waals surface area contributed by atoms with E-state index in [0.717, 1.165) is 26.1 Å². The summed E-state index contributed by atoms with van der Waals surface area (Å²) in [6, 6.07) is 6.27.